The van der Waals surface area contributed by atoms with E-state index in [0.717, 1.165) is 24.1 Å². The lowest BCUT2D eigenvalue weighted by Gasteiger charge is -2.14. The summed E-state index contributed by atoms with van der Waals surface area (Å²) in [6, 6.07) is 6.74. The van der Waals surface area contributed by atoms with Crippen molar-refractivity contribution in [3.8, 4) is 0 Å². The molecule has 0 unspecified atom stereocenters. The number of rotatable bonds is 5. The first-order valence-corrected chi connectivity index (χ1v) is 8.33. The van der Waals surface area contributed by atoms with Crippen LogP contribution >= 0.6 is 28.3 Å². The molecule has 7 heteroatoms. The van der Waals surface area contributed by atoms with Crippen molar-refractivity contribution in [2.45, 2.75) is 17.7 Å². The number of nitrogens with one attached hydrogen (secondary N) is 1. The SMILES string of the molecule is Cl.O=S(=O)(NCCN1CCCC1)c1cccc(Br)c1. The molecule has 0 aromatic heterocycles. The summed E-state index contributed by atoms with van der Waals surface area (Å²) in [7, 11) is -3.38. The molecule has 0 saturated carbocycles. The Labute approximate surface area is 129 Å². The van der Waals surface area contributed by atoms with Crippen LogP contribution in [0.1, 0.15) is 12.8 Å². The fourth-order valence-corrected chi connectivity index (χ4v) is 3.68. The molecule has 1 fully saturated rings. The molecule has 1 heterocycles. The van der Waals surface area contributed by atoms with Crippen LogP contribution in [0, 0.1) is 0 Å². The van der Waals surface area contributed by atoms with Gasteiger partial charge in [-0.05, 0) is 44.1 Å². The Morgan fingerprint density at radius 2 is 1.95 bits per heavy atom. The first-order valence-electron chi connectivity index (χ1n) is 6.05. The van der Waals surface area contributed by atoms with Gasteiger partial charge in [0.1, 0.15) is 0 Å². The van der Waals surface area contributed by atoms with Crippen LogP contribution in [0.25, 0.3) is 0 Å². The zero-order valence-corrected chi connectivity index (χ0v) is 13.7. The highest BCUT2D eigenvalue weighted by Gasteiger charge is 2.15. The summed E-state index contributed by atoms with van der Waals surface area (Å²) in [5, 5.41) is 0. The summed E-state index contributed by atoms with van der Waals surface area (Å²) in [6.45, 7) is 3.42. The van der Waals surface area contributed by atoms with Gasteiger partial charge in [-0.3, -0.25) is 0 Å². The van der Waals surface area contributed by atoms with Crippen LogP contribution in [0.4, 0.5) is 0 Å². The number of likely N-dealkylation sites (tertiary alicyclic amines) is 1. The highest BCUT2D eigenvalue weighted by atomic mass is 79.9. The molecule has 0 amide bonds. The van der Waals surface area contributed by atoms with Crippen molar-refractivity contribution in [2.75, 3.05) is 26.2 Å². The molecule has 4 nitrogen and oxygen atoms in total. The van der Waals surface area contributed by atoms with E-state index in [-0.39, 0.29) is 12.4 Å². The Morgan fingerprint density at radius 3 is 2.58 bits per heavy atom. The third-order valence-electron chi connectivity index (χ3n) is 3.03. The van der Waals surface area contributed by atoms with Crippen LogP contribution < -0.4 is 4.72 Å². The normalized spacial score (nSPS) is 16.3. The second-order valence-corrected chi connectivity index (χ2v) is 7.09. The lowest BCUT2D eigenvalue weighted by molar-refractivity contribution is 0.344. The Morgan fingerprint density at radius 1 is 1.26 bits per heavy atom. The van der Waals surface area contributed by atoms with Gasteiger partial charge in [-0.1, -0.05) is 22.0 Å². The maximum absolute atomic E-state index is 12.0. The van der Waals surface area contributed by atoms with Gasteiger partial charge in [0.15, 0.2) is 0 Å². The Balaban J connectivity index is 0.00000180. The van der Waals surface area contributed by atoms with Crippen LogP contribution in [0.5, 0.6) is 0 Å². The van der Waals surface area contributed by atoms with Crippen LogP contribution in [-0.4, -0.2) is 39.5 Å². The summed E-state index contributed by atoms with van der Waals surface area (Å²) in [5.74, 6) is 0. The molecule has 19 heavy (non-hydrogen) atoms. The molecule has 1 aromatic carbocycles. The van der Waals surface area contributed by atoms with E-state index < -0.39 is 10.0 Å². The molecule has 1 saturated heterocycles. The average molecular weight is 370 g/mol. The van der Waals surface area contributed by atoms with Gasteiger partial charge in [0.25, 0.3) is 0 Å². The molecular weight excluding hydrogens is 352 g/mol. The molecule has 1 aliphatic heterocycles. The molecule has 0 radical (unpaired) electrons. The van der Waals surface area contributed by atoms with E-state index in [9.17, 15) is 8.42 Å². The van der Waals surface area contributed by atoms with Crippen LogP contribution in [0.3, 0.4) is 0 Å². The summed E-state index contributed by atoms with van der Waals surface area (Å²) in [4.78, 5) is 2.59. The number of benzene rings is 1. The van der Waals surface area contributed by atoms with E-state index in [1.54, 1.807) is 18.2 Å². The molecule has 0 spiro atoms. The number of halogens is 2. The van der Waals surface area contributed by atoms with Gasteiger partial charge in [0, 0.05) is 17.6 Å². The molecule has 0 atom stereocenters. The van der Waals surface area contributed by atoms with Crippen molar-refractivity contribution in [1.82, 2.24) is 9.62 Å². The fourth-order valence-electron chi connectivity index (χ4n) is 2.06. The number of hydrogen-bond donors (Lipinski definition) is 1. The summed E-state index contributed by atoms with van der Waals surface area (Å²) >= 11 is 3.28. The molecular formula is C12H18BrClN2O2S. The van der Waals surface area contributed by atoms with Crippen molar-refractivity contribution in [3.63, 3.8) is 0 Å². The molecule has 0 aliphatic carbocycles. The van der Waals surface area contributed by atoms with Crippen molar-refractivity contribution in [3.05, 3.63) is 28.7 Å². The summed E-state index contributed by atoms with van der Waals surface area (Å²) in [6.07, 6.45) is 2.44. The number of hydrogen-bond acceptors (Lipinski definition) is 3. The highest BCUT2D eigenvalue weighted by molar-refractivity contribution is 9.10. The topological polar surface area (TPSA) is 49.4 Å². The molecule has 108 valence electrons. The van der Waals surface area contributed by atoms with Crippen molar-refractivity contribution >= 4 is 38.4 Å². The van der Waals surface area contributed by atoms with Crippen molar-refractivity contribution in [1.29, 1.82) is 0 Å². The highest BCUT2D eigenvalue weighted by Crippen LogP contribution is 2.15. The predicted molar refractivity (Wildman–Crippen MR) is 82.3 cm³/mol. The van der Waals surface area contributed by atoms with Gasteiger partial charge in [-0.25, -0.2) is 13.1 Å². The maximum Gasteiger partial charge on any atom is 0.240 e. The summed E-state index contributed by atoms with van der Waals surface area (Å²) < 4.78 is 27.4. The quantitative estimate of drug-likeness (QED) is 0.866. The average Bonchev–Trinajstić information content (AvgIpc) is 2.82. The van der Waals surface area contributed by atoms with E-state index >= 15 is 0 Å². The van der Waals surface area contributed by atoms with E-state index in [4.69, 9.17) is 0 Å². The number of sulfonamides is 1. The van der Waals surface area contributed by atoms with Crippen LogP contribution in [0.2, 0.25) is 0 Å². The van der Waals surface area contributed by atoms with E-state index in [1.165, 1.54) is 12.8 Å². The molecule has 1 aromatic rings. The van der Waals surface area contributed by atoms with Crippen molar-refractivity contribution in [2.24, 2.45) is 0 Å². The Hall–Kier alpha value is -0.140. The third kappa shape index (κ3) is 5.04. The maximum atomic E-state index is 12.0. The third-order valence-corrected chi connectivity index (χ3v) is 4.98. The fraction of sp³-hybridized carbons (Fsp3) is 0.500. The zero-order chi connectivity index (χ0) is 13.0. The standard InChI is InChI=1S/C12H17BrN2O2S.ClH/c13-11-4-3-5-12(10-11)18(16,17)14-6-9-15-7-1-2-8-15;/h3-5,10,14H,1-2,6-9H2;1H. The van der Waals surface area contributed by atoms with Gasteiger partial charge >= 0.3 is 0 Å². The van der Waals surface area contributed by atoms with Gasteiger partial charge in [-0.2, -0.15) is 0 Å². The first kappa shape index (κ1) is 16.9. The molecule has 1 N–H and O–H groups in total. The molecule has 1 aliphatic rings. The first-order chi connectivity index (χ1) is 8.58. The van der Waals surface area contributed by atoms with E-state index in [1.807, 2.05) is 6.07 Å². The predicted octanol–water partition coefficient (Wildman–Crippen LogP) is 2.25. The monoisotopic (exact) mass is 368 g/mol. The second-order valence-electron chi connectivity index (χ2n) is 4.40. The Bertz CT molecular complexity index is 504. The minimum atomic E-state index is -3.38. The molecule has 0 bridgehead atoms. The second kappa shape index (κ2) is 7.59. The minimum Gasteiger partial charge on any atom is -0.302 e. The van der Waals surface area contributed by atoms with Gasteiger partial charge in [-0.15, -0.1) is 12.4 Å². The van der Waals surface area contributed by atoms with Crippen LogP contribution in [0.15, 0.2) is 33.6 Å². The van der Waals surface area contributed by atoms with Gasteiger partial charge in [0.05, 0.1) is 4.90 Å². The zero-order valence-electron chi connectivity index (χ0n) is 10.5. The lowest BCUT2D eigenvalue weighted by Crippen LogP contribution is -2.33. The molecule has 2 rings (SSSR count). The summed E-state index contributed by atoms with van der Waals surface area (Å²) in [5.41, 5.74) is 0. The minimum absolute atomic E-state index is 0. The smallest absolute Gasteiger partial charge is 0.240 e. The van der Waals surface area contributed by atoms with E-state index in [0.29, 0.717) is 11.4 Å². The largest absolute Gasteiger partial charge is 0.302 e. The van der Waals surface area contributed by atoms with E-state index in [2.05, 4.69) is 25.6 Å². The van der Waals surface area contributed by atoms with Gasteiger partial charge in [0.2, 0.25) is 10.0 Å². The van der Waals surface area contributed by atoms with Crippen molar-refractivity contribution < 1.29 is 8.42 Å². The Kier molecular flexibility index (Phi) is 6.76. The van der Waals surface area contributed by atoms with Gasteiger partial charge < -0.3 is 4.90 Å². The lowest BCUT2D eigenvalue weighted by atomic mass is 10.4. The number of nitrogens with zero attached hydrogens (tertiary/aromatic N) is 1. The van der Waals surface area contributed by atoms with Crippen LogP contribution in [-0.2, 0) is 10.0 Å².